The predicted molar refractivity (Wildman–Crippen MR) is 148 cm³/mol. The second kappa shape index (κ2) is 11.0. The van der Waals surface area contributed by atoms with Crippen molar-refractivity contribution in [3.8, 4) is 22.8 Å². The van der Waals surface area contributed by atoms with E-state index in [1.165, 1.54) is 11.1 Å². The van der Waals surface area contributed by atoms with Crippen LogP contribution in [0.5, 0.6) is 5.75 Å². The topological polar surface area (TPSA) is 56.2 Å². The van der Waals surface area contributed by atoms with Crippen molar-refractivity contribution in [3.63, 3.8) is 0 Å². The monoisotopic (exact) mass is 483 g/mol. The highest BCUT2D eigenvalue weighted by Crippen LogP contribution is 2.31. The average Bonchev–Trinajstić information content (AvgIpc) is 3.21. The van der Waals surface area contributed by atoms with Gasteiger partial charge in [-0.15, -0.1) is 0 Å². The molecule has 0 aliphatic rings. The molecule has 1 amide bonds. The van der Waals surface area contributed by atoms with Gasteiger partial charge in [0.1, 0.15) is 11.6 Å². The molecule has 4 aromatic rings. The molecule has 3 aromatic carbocycles. The fourth-order valence-corrected chi connectivity index (χ4v) is 4.29. The Morgan fingerprint density at radius 2 is 1.69 bits per heavy atom. The molecule has 4 rings (SSSR count). The second-order valence-electron chi connectivity index (χ2n) is 10.5. The summed E-state index contributed by atoms with van der Waals surface area (Å²) in [5.41, 5.74) is 6.46. The van der Waals surface area contributed by atoms with Gasteiger partial charge in [0, 0.05) is 29.3 Å². The Bertz CT molecular complexity index is 1330. The van der Waals surface area contributed by atoms with Crippen LogP contribution in [0, 0.1) is 13.8 Å². The molecule has 0 aliphatic carbocycles. The number of imidazole rings is 1. The molecular formula is C31H37N3O2. The van der Waals surface area contributed by atoms with Gasteiger partial charge in [0.15, 0.2) is 0 Å². The number of aromatic nitrogens is 2. The zero-order chi connectivity index (χ0) is 25.7. The number of amides is 1. The number of hydrogen-bond acceptors (Lipinski definition) is 3. The van der Waals surface area contributed by atoms with Crippen LogP contribution in [0.3, 0.4) is 0 Å². The number of benzene rings is 3. The van der Waals surface area contributed by atoms with E-state index < -0.39 is 0 Å². The SMILES string of the molecule is Cc1ccc(-n2c(-c3ccccc3)nc3ccc(OCCCCCC(=O)NC(C)(C)C)cc32)cc1C. The minimum absolute atomic E-state index is 0.114. The van der Waals surface area contributed by atoms with Crippen LogP contribution in [0.1, 0.15) is 57.6 Å². The Labute approximate surface area is 214 Å². The molecule has 0 saturated carbocycles. The summed E-state index contributed by atoms with van der Waals surface area (Å²) in [6, 6.07) is 22.9. The van der Waals surface area contributed by atoms with E-state index in [0.29, 0.717) is 13.0 Å². The van der Waals surface area contributed by atoms with Crippen LogP contribution in [-0.4, -0.2) is 27.6 Å². The molecule has 5 heteroatoms. The van der Waals surface area contributed by atoms with E-state index in [2.05, 4.69) is 60.1 Å². The Hall–Kier alpha value is -3.60. The molecule has 36 heavy (non-hydrogen) atoms. The average molecular weight is 484 g/mol. The maximum Gasteiger partial charge on any atom is 0.220 e. The van der Waals surface area contributed by atoms with E-state index in [4.69, 9.17) is 9.72 Å². The molecule has 0 aliphatic heterocycles. The van der Waals surface area contributed by atoms with E-state index in [-0.39, 0.29) is 11.4 Å². The standard InChI is InChI=1S/C31H37N3O2/c1-22-15-16-25(20-23(22)2)34-28-21-26(36-19-11-7-10-14-29(35)33-31(3,4)5)17-18-27(28)32-30(34)24-12-8-6-9-13-24/h6,8-9,12-13,15-18,20-21H,7,10-11,14,19H2,1-5H3,(H,33,35). The summed E-state index contributed by atoms with van der Waals surface area (Å²) in [7, 11) is 0. The Morgan fingerprint density at radius 3 is 2.42 bits per heavy atom. The van der Waals surface area contributed by atoms with Crippen molar-refractivity contribution >= 4 is 16.9 Å². The summed E-state index contributed by atoms with van der Waals surface area (Å²) < 4.78 is 8.33. The number of unbranched alkanes of at least 4 members (excludes halogenated alkanes) is 2. The highest BCUT2D eigenvalue weighted by Gasteiger charge is 2.16. The third kappa shape index (κ3) is 6.34. The van der Waals surface area contributed by atoms with Gasteiger partial charge in [-0.1, -0.05) is 36.4 Å². The Balaban J connectivity index is 1.50. The van der Waals surface area contributed by atoms with E-state index in [9.17, 15) is 4.79 Å². The van der Waals surface area contributed by atoms with Gasteiger partial charge in [0.25, 0.3) is 0 Å². The zero-order valence-electron chi connectivity index (χ0n) is 22.1. The predicted octanol–water partition coefficient (Wildman–Crippen LogP) is 7.16. The zero-order valence-corrected chi connectivity index (χ0v) is 22.1. The number of carbonyl (C=O) groups is 1. The van der Waals surface area contributed by atoms with Crippen LogP contribution in [0.15, 0.2) is 66.7 Å². The summed E-state index contributed by atoms with van der Waals surface area (Å²) in [5.74, 6) is 1.86. The van der Waals surface area contributed by atoms with Gasteiger partial charge < -0.3 is 10.1 Å². The van der Waals surface area contributed by atoms with Crippen LogP contribution < -0.4 is 10.1 Å². The maximum atomic E-state index is 12.0. The number of aryl methyl sites for hydroxylation is 2. The van der Waals surface area contributed by atoms with Gasteiger partial charge in [-0.05, 0) is 89.3 Å². The number of nitrogens with zero attached hydrogens (tertiary/aromatic N) is 2. The van der Waals surface area contributed by atoms with Crippen molar-refractivity contribution in [1.29, 1.82) is 0 Å². The first-order chi connectivity index (χ1) is 17.2. The molecule has 5 nitrogen and oxygen atoms in total. The summed E-state index contributed by atoms with van der Waals surface area (Å²) in [5, 5.41) is 3.01. The lowest BCUT2D eigenvalue weighted by Crippen LogP contribution is -2.40. The maximum absolute atomic E-state index is 12.0. The third-order valence-corrected chi connectivity index (χ3v) is 6.24. The number of fused-ring (bicyclic) bond motifs is 1. The van der Waals surface area contributed by atoms with Gasteiger partial charge in [0.05, 0.1) is 17.6 Å². The van der Waals surface area contributed by atoms with Crippen LogP contribution >= 0.6 is 0 Å². The number of nitrogens with one attached hydrogen (secondary N) is 1. The number of rotatable bonds is 9. The molecule has 0 bridgehead atoms. The van der Waals surface area contributed by atoms with Crippen molar-refractivity contribution < 1.29 is 9.53 Å². The largest absolute Gasteiger partial charge is 0.494 e. The first-order valence-electron chi connectivity index (χ1n) is 12.8. The van der Waals surface area contributed by atoms with Crippen molar-refractivity contribution in [3.05, 3.63) is 77.9 Å². The summed E-state index contributed by atoms with van der Waals surface area (Å²) in [6.07, 6.45) is 3.29. The fourth-order valence-electron chi connectivity index (χ4n) is 4.29. The summed E-state index contributed by atoms with van der Waals surface area (Å²) in [4.78, 5) is 17.0. The van der Waals surface area contributed by atoms with Crippen molar-refractivity contribution in [2.45, 2.75) is 65.8 Å². The van der Waals surface area contributed by atoms with E-state index in [1.807, 2.05) is 51.1 Å². The third-order valence-electron chi connectivity index (χ3n) is 6.24. The first kappa shape index (κ1) is 25.5. The van der Waals surface area contributed by atoms with Crippen molar-refractivity contribution in [2.75, 3.05) is 6.61 Å². The lowest BCUT2D eigenvalue weighted by Gasteiger charge is -2.20. The molecule has 188 valence electrons. The highest BCUT2D eigenvalue weighted by molar-refractivity contribution is 5.84. The quantitative estimate of drug-likeness (QED) is 0.257. The van der Waals surface area contributed by atoms with Crippen LogP contribution in [0.25, 0.3) is 28.1 Å². The minimum atomic E-state index is -0.178. The number of ether oxygens (including phenoxy) is 1. The van der Waals surface area contributed by atoms with Crippen molar-refractivity contribution in [1.82, 2.24) is 14.9 Å². The Kier molecular flexibility index (Phi) is 7.78. The minimum Gasteiger partial charge on any atom is -0.494 e. The summed E-state index contributed by atoms with van der Waals surface area (Å²) >= 11 is 0. The molecular weight excluding hydrogens is 446 g/mol. The van der Waals surface area contributed by atoms with Gasteiger partial charge in [-0.3, -0.25) is 9.36 Å². The van der Waals surface area contributed by atoms with Crippen LogP contribution in [0.4, 0.5) is 0 Å². The molecule has 0 radical (unpaired) electrons. The van der Waals surface area contributed by atoms with E-state index in [1.54, 1.807) is 0 Å². The summed E-state index contributed by atoms with van der Waals surface area (Å²) in [6.45, 7) is 10.9. The highest BCUT2D eigenvalue weighted by atomic mass is 16.5. The molecule has 1 N–H and O–H groups in total. The molecule has 0 saturated heterocycles. The molecule has 0 unspecified atom stereocenters. The van der Waals surface area contributed by atoms with E-state index >= 15 is 0 Å². The molecule has 0 spiro atoms. The second-order valence-corrected chi connectivity index (χ2v) is 10.5. The van der Waals surface area contributed by atoms with Crippen molar-refractivity contribution in [2.24, 2.45) is 0 Å². The Morgan fingerprint density at radius 1 is 0.917 bits per heavy atom. The normalized spacial score (nSPS) is 11.6. The number of carbonyl (C=O) groups excluding carboxylic acids is 1. The number of hydrogen-bond donors (Lipinski definition) is 1. The lowest BCUT2D eigenvalue weighted by molar-refractivity contribution is -0.122. The molecule has 0 atom stereocenters. The van der Waals surface area contributed by atoms with Gasteiger partial charge in [0.2, 0.25) is 5.91 Å². The van der Waals surface area contributed by atoms with Gasteiger partial charge in [-0.25, -0.2) is 4.98 Å². The van der Waals surface area contributed by atoms with Gasteiger partial charge >= 0.3 is 0 Å². The van der Waals surface area contributed by atoms with Crippen LogP contribution in [-0.2, 0) is 4.79 Å². The first-order valence-corrected chi connectivity index (χ1v) is 12.8. The van der Waals surface area contributed by atoms with E-state index in [0.717, 1.165) is 53.1 Å². The molecule has 0 fully saturated rings. The molecule has 1 aromatic heterocycles. The van der Waals surface area contributed by atoms with Crippen LogP contribution in [0.2, 0.25) is 0 Å². The fraction of sp³-hybridized carbons (Fsp3) is 0.355. The smallest absolute Gasteiger partial charge is 0.220 e. The molecule has 1 heterocycles. The van der Waals surface area contributed by atoms with Gasteiger partial charge in [-0.2, -0.15) is 0 Å². The lowest BCUT2D eigenvalue weighted by atomic mass is 10.1.